The molecule has 3 unspecified atom stereocenters. The molecule has 1 aliphatic heterocycles. The first-order chi connectivity index (χ1) is 15.5. The third-order valence-corrected chi connectivity index (χ3v) is 6.89. The zero-order valence-corrected chi connectivity index (χ0v) is 18.7. The van der Waals surface area contributed by atoms with Gasteiger partial charge in [-0.05, 0) is 37.3 Å². The van der Waals surface area contributed by atoms with Crippen molar-refractivity contribution in [2.75, 3.05) is 6.54 Å². The highest BCUT2D eigenvalue weighted by Gasteiger charge is 2.48. The molecule has 32 heavy (non-hydrogen) atoms. The van der Waals surface area contributed by atoms with Gasteiger partial charge in [0.05, 0.1) is 17.7 Å². The number of amides is 3. The molecule has 2 aromatic carbocycles. The molecule has 2 aromatic rings. The molecule has 0 radical (unpaired) electrons. The van der Waals surface area contributed by atoms with Crippen LogP contribution >= 0.6 is 0 Å². The predicted molar refractivity (Wildman–Crippen MR) is 124 cm³/mol. The molecule has 3 atom stereocenters. The summed E-state index contributed by atoms with van der Waals surface area (Å²) < 4.78 is 0. The maximum Gasteiger partial charge on any atom is 0.318 e. The van der Waals surface area contributed by atoms with Gasteiger partial charge < -0.3 is 20.6 Å². The number of nitrogens with zero attached hydrogens (tertiary/aromatic N) is 1. The van der Waals surface area contributed by atoms with E-state index in [1.807, 2.05) is 60.7 Å². The monoisotopic (exact) mass is 435 g/mol. The van der Waals surface area contributed by atoms with Crippen LogP contribution in [0.2, 0.25) is 0 Å². The molecule has 1 aliphatic carbocycles. The third-order valence-electron chi connectivity index (χ3n) is 6.89. The summed E-state index contributed by atoms with van der Waals surface area (Å²) >= 11 is 0. The fraction of sp³-hybridized carbons (Fsp3) is 0.462. The molecule has 1 saturated carbocycles. The van der Waals surface area contributed by atoms with Crippen LogP contribution in [0, 0.1) is 5.92 Å². The fourth-order valence-electron chi connectivity index (χ4n) is 4.98. The number of carbonyl (C=O) groups excluding carboxylic acids is 2. The van der Waals surface area contributed by atoms with Crippen LogP contribution in [-0.4, -0.2) is 40.1 Å². The molecule has 0 bridgehead atoms. The van der Waals surface area contributed by atoms with Crippen molar-refractivity contribution in [3.05, 3.63) is 71.8 Å². The van der Waals surface area contributed by atoms with Crippen LogP contribution in [0.3, 0.4) is 0 Å². The lowest BCUT2D eigenvalue weighted by molar-refractivity contribution is -0.131. The summed E-state index contributed by atoms with van der Waals surface area (Å²) in [6.07, 6.45) is 4.30. The number of hydrogen-bond donors (Lipinski definition) is 3. The van der Waals surface area contributed by atoms with Crippen molar-refractivity contribution in [1.82, 2.24) is 15.5 Å². The van der Waals surface area contributed by atoms with Crippen molar-refractivity contribution in [2.45, 2.75) is 63.3 Å². The van der Waals surface area contributed by atoms with Gasteiger partial charge in [0.2, 0.25) is 5.91 Å². The number of hydrogen-bond acceptors (Lipinski definition) is 3. The number of piperidine rings is 1. The van der Waals surface area contributed by atoms with Crippen molar-refractivity contribution in [1.29, 1.82) is 0 Å². The normalized spacial score (nSPS) is 26.0. The van der Waals surface area contributed by atoms with Gasteiger partial charge in [0.15, 0.2) is 0 Å². The lowest BCUT2D eigenvalue weighted by atomic mass is 9.79. The minimum atomic E-state index is -1.12. The van der Waals surface area contributed by atoms with Crippen molar-refractivity contribution < 1.29 is 14.7 Å². The number of benzene rings is 2. The first-order valence-corrected chi connectivity index (χ1v) is 11.6. The van der Waals surface area contributed by atoms with Gasteiger partial charge >= 0.3 is 6.03 Å². The maximum absolute atomic E-state index is 13.3. The zero-order chi connectivity index (χ0) is 22.6. The van der Waals surface area contributed by atoms with Crippen molar-refractivity contribution >= 4 is 11.9 Å². The Labute approximate surface area is 190 Å². The van der Waals surface area contributed by atoms with E-state index in [1.165, 1.54) is 0 Å². The highest BCUT2D eigenvalue weighted by Crippen LogP contribution is 2.38. The highest BCUT2D eigenvalue weighted by molar-refractivity contribution is 5.80. The van der Waals surface area contributed by atoms with E-state index in [0.29, 0.717) is 19.5 Å². The van der Waals surface area contributed by atoms with Gasteiger partial charge in [-0.25, -0.2) is 4.79 Å². The number of likely N-dealkylation sites (tertiary alicyclic amines) is 1. The van der Waals surface area contributed by atoms with Gasteiger partial charge in [-0.3, -0.25) is 4.79 Å². The second-order valence-electron chi connectivity index (χ2n) is 9.27. The molecular weight excluding hydrogens is 402 g/mol. The molecule has 0 spiro atoms. The Hall–Kier alpha value is -2.86. The zero-order valence-electron chi connectivity index (χ0n) is 18.7. The number of aliphatic hydroxyl groups is 1. The second kappa shape index (κ2) is 9.74. The lowest BCUT2D eigenvalue weighted by Crippen LogP contribution is -2.64. The van der Waals surface area contributed by atoms with E-state index in [0.717, 1.165) is 36.8 Å². The minimum Gasteiger partial charge on any atom is -0.388 e. The molecule has 4 rings (SSSR count). The third kappa shape index (κ3) is 4.96. The Balaban J connectivity index is 1.58. The van der Waals surface area contributed by atoms with Crippen molar-refractivity contribution in [3.8, 4) is 0 Å². The summed E-state index contributed by atoms with van der Waals surface area (Å²) in [6.45, 7) is 2.60. The van der Waals surface area contributed by atoms with Crippen molar-refractivity contribution in [2.24, 2.45) is 5.92 Å². The molecule has 3 amide bonds. The molecule has 0 aromatic heterocycles. The second-order valence-corrected chi connectivity index (χ2v) is 9.27. The van der Waals surface area contributed by atoms with Gasteiger partial charge in [-0.15, -0.1) is 0 Å². The maximum atomic E-state index is 13.3. The minimum absolute atomic E-state index is 0.00972. The molecule has 2 aliphatic rings. The summed E-state index contributed by atoms with van der Waals surface area (Å²) in [4.78, 5) is 28.1. The van der Waals surface area contributed by atoms with Gasteiger partial charge in [0.1, 0.15) is 0 Å². The summed E-state index contributed by atoms with van der Waals surface area (Å²) in [5, 5.41) is 17.5. The van der Waals surface area contributed by atoms with Crippen LogP contribution < -0.4 is 10.6 Å². The van der Waals surface area contributed by atoms with Crippen LogP contribution in [0.15, 0.2) is 60.7 Å². The van der Waals surface area contributed by atoms with E-state index in [9.17, 15) is 14.7 Å². The first kappa shape index (κ1) is 22.3. The molecule has 1 saturated heterocycles. The molecule has 2 fully saturated rings. The number of urea groups is 1. The predicted octanol–water partition coefficient (Wildman–Crippen LogP) is 3.77. The Morgan fingerprint density at radius 1 is 1.03 bits per heavy atom. The van der Waals surface area contributed by atoms with Crippen LogP contribution in [0.1, 0.15) is 56.2 Å². The van der Waals surface area contributed by atoms with E-state index < -0.39 is 17.7 Å². The van der Waals surface area contributed by atoms with Crippen LogP contribution in [-0.2, 0) is 11.3 Å². The quantitative estimate of drug-likeness (QED) is 0.669. The summed E-state index contributed by atoms with van der Waals surface area (Å²) in [5.41, 5.74) is 0.802. The van der Waals surface area contributed by atoms with Crippen LogP contribution in [0.25, 0.3) is 0 Å². The van der Waals surface area contributed by atoms with Crippen LogP contribution in [0.5, 0.6) is 0 Å². The SMILES string of the molecule is CC1(O)CCN(C(=O)NCc2ccccc2)C(c2ccccc2)C1NC(=O)C1CCCC1. The lowest BCUT2D eigenvalue weighted by Gasteiger charge is -2.49. The molecular formula is C26H33N3O3. The number of carbonyl (C=O) groups is 2. The van der Waals surface area contributed by atoms with Gasteiger partial charge in [0.25, 0.3) is 0 Å². The smallest absolute Gasteiger partial charge is 0.318 e. The Kier molecular flexibility index (Phi) is 6.80. The van der Waals surface area contributed by atoms with Gasteiger partial charge in [-0.1, -0.05) is 73.5 Å². The van der Waals surface area contributed by atoms with E-state index in [4.69, 9.17) is 0 Å². The topological polar surface area (TPSA) is 81.7 Å². The van der Waals surface area contributed by atoms with Crippen LogP contribution in [0.4, 0.5) is 4.79 Å². The number of nitrogens with one attached hydrogen (secondary N) is 2. The summed E-state index contributed by atoms with van der Waals surface area (Å²) in [6, 6.07) is 18.2. The van der Waals surface area contributed by atoms with E-state index in [1.54, 1.807) is 11.8 Å². The molecule has 1 heterocycles. The van der Waals surface area contributed by atoms with Crippen molar-refractivity contribution in [3.63, 3.8) is 0 Å². The Bertz CT molecular complexity index is 910. The van der Waals surface area contributed by atoms with Gasteiger partial charge in [-0.2, -0.15) is 0 Å². The Morgan fingerprint density at radius 2 is 1.66 bits per heavy atom. The molecule has 6 heteroatoms. The average Bonchev–Trinajstić information content (AvgIpc) is 3.35. The fourth-order valence-corrected chi connectivity index (χ4v) is 4.98. The van der Waals surface area contributed by atoms with E-state index in [2.05, 4.69) is 10.6 Å². The summed E-state index contributed by atoms with van der Waals surface area (Å²) in [7, 11) is 0. The van der Waals surface area contributed by atoms with E-state index in [-0.39, 0.29) is 17.9 Å². The van der Waals surface area contributed by atoms with Gasteiger partial charge in [0, 0.05) is 19.0 Å². The highest BCUT2D eigenvalue weighted by atomic mass is 16.3. The Morgan fingerprint density at radius 3 is 2.31 bits per heavy atom. The molecule has 3 N–H and O–H groups in total. The molecule has 170 valence electrons. The summed E-state index contributed by atoms with van der Waals surface area (Å²) in [5.74, 6) is -0.0234. The average molecular weight is 436 g/mol. The largest absolute Gasteiger partial charge is 0.388 e. The molecule has 6 nitrogen and oxygen atoms in total. The standard InChI is InChI=1S/C26H33N3O3/c1-26(32)16-17-29(25(31)27-18-19-10-4-2-5-11-19)22(20-12-6-3-7-13-20)23(26)28-24(30)21-14-8-9-15-21/h2-7,10-13,21-23,32H,8-9,14-18H2,1H3,(H,27,31)(H,28,30). The number of rotatable bonds is 5. The first-order valence-electron chi connectivity index (χ1n) is 11.6. The van der Waals surface area contributed by atoms with E-state index >= 15 is 0 Å².